The van der Waals surface area contributed by atoms with Crippen LogP contribution in [0.4, 0.5) is 0 Å². The van der Waals surface area contributed by atoms with Gasteiger partial charge in [0, 0.05) is 6.92 Å². The number of carbonyl (C=O) groups excluding carboxylic acids is 2. The number of ketones is 1. The van der Waals surface area contributed by atoms with Crippen LogP contribution in [0.5, 0.6) is 0 Å². The van der Waals surface area contributed by atoms with Gasteiger partial charge in [0.15, 0.2) is 0 Å². The third kappa shape index (κ3) is 4.29. The van der Waals surface area contributed by atoms with Gasteiger partial charge in [0.25, 0.3) is 0 Å². The van der Waals surface area contributed by atoms with Crippen LogP contribution in [-0.4, -0.2) is 30.8 Å². The third-order valence-corrected chi connectivity index (χ3v) is 2.70. The molecule has 1 aliphatic heterocycles. The molecule has 20 heavy (non-hydrogen) atoms. The molecule has 2 atom stereocenters. The van der Waals surface area contributed by atoms with E-state index in [0.29, 0.717) is 0 Å². The first-order valence-corrected chi connectivity index (χ1v) is 6.31. The maximum atomic E-state index is 11.7. The zero-order chi connectivity index (χ0) is 14.4. The average Bonchev–Trinajstić information content (AvgIpc) is 2.46. The smallest absolute Gasteiger partial charge is 0.302 e. The van der Waals surface area contributed by atoms with Crippen LogP contribution in [0.25, 0.3) is 0 Å². The Morgan fingerprint density at radius 3 is 2.75 bits per heavy atom. The predicted molar refractivity (Wildman–Crippen MR) is 70.7 cm³/mol. The fourth-order valence-electron chi connectivity index (χ4n) is 1.71. The van der Waals surface area contributed by atoms with Gasteiger partial charge in [0.05, 0.1) is 6.61 Å². The molecule has 0 amide bonds. The summed E-state index contributed by atoms with van der Waals surface area (Å²) in [4.78, 5) is 22.4. The van der Waals surface area contributed by atoms with Crippen LogP contribution in [0.3, 0.4) is 0 Å². The second-order valence-corrected chi connectivity index (χ2v) is 4.37. The summed E-state index contributed by atoms with van der Waals surface area (Å²) in [5.74, 6) is -0.638. The second kappa shape index (κ2) is 6.98. The Kier molecular flexibility index (Phi) is 5.03. The Morgan fingerprint density at radius 1 is 1.30 bits per heavy atom. The Balaban J connectivity index is 1.86. The molecule has 0 bridgehead atoms. The minimum Gasteiger partial charge on any atom is -0.463 e. The summed E-state index contributed by atoms with van der Waals surface area (Å²) in [6, 6.07) is 9.50. The Morgan fingerprint density at radius 2 is 2.05 bits per heavy atom. The van der Waals surface area contributed by atoms with Crippen molar-refractivity contribution in [2.45, 2.75) is 25.9 Å². The lowest BCUT2D eigenvalue weighted by atomic mass is 10.2. The predicted octanol–water partition coefficient (Wildman–Crippen LogP) is 1.62. The summed E-state index contributed by atoms with van der Waals surface area (Å²) in [7, 11) is 0. The van der Waals surface area contributed by atoms with E-state index in [0.717, 1.165) is 5.56 Å². The molecular weight excluding hydrogens is 260 g/mol. The lowest BCUT2D eigenvalue weighted by molar-refractivity contribution is -0.188. The first-order valence-electron chi connectivity index (χ1n) is 6.31. The highest BCUT2D eigenvalue weighted by Crippen LogP contribution is 2.13. The number of hydrogen-bond donors (Lipinski definition) is 0. The van der Waals surface area contributed by atoms with Crippen LogP contribution >= 0.6 is 0 Å². The summed E-state index contributed by atoms with van der Waals surface area (Å²) in [6.07, 6.45) is 1.54. The highest BCUT2D eigenvalue weighted by Gasteiger charge is 2.26. The molecular formula is C15H16O5. The molecule has 0 saturated heterocycles. The maximum absolute atomic E-state index is 11.7. The Labute approximate surface area is 117 Å². The van der Waals surface area contributed by atoms with Crippen molar-refractivity contribution in [2.75, 3.05) is 6.61 Å². The average molecular weight is 276 g/mol. The number of esters is 1. The molecule has 0 fully saturated rings. The molecule has 1 aromatic rings. The minimum absolute atomic E-state index is 0.0737. The zero-order valence-electron chi connectivity index (χ0n) is 11.2. The van der Waals surface area contributed by atoms with Gasteiger partial charge in [-0.1, -0.05) is 30.3 Å². The summed E-state index contributed by atoms with van der Waals surface area (Å²) < 4.78 is 15.7. The highest BCUT2D eigenvalue weighted by atomic mass is 16.7. The van der Waals surface area contributed by atoms with E-state index in [2.05, 4.69) is 0 Å². The van der Waals surface area contributed by atoms with Gasteiger partial charge >= 0.3 is 5.97 Å². The molecule has 5 heteroatoms. The van der Waals surface area contributed by atoms with E-state index in [1.165, 1.54) is 13.0 Å². The SMILES string of the molecule is CC(=O)OC[C@@H]1C=CC(=O)[C@@H](OCc2ccccc2)O1. The number of benzene rings is 1. The monoisotopic (exact) mass is 276 g/mol. The van der Waals surface area contributed by atoms with Gasteiger partial charge in [0.2, 0.25) is 12.1 Å². The van der Waals surface area contributed by atoms with Gasteiger partial charge in [-0.2, -0.15) is 0 Å². The normalized spacial score (nSPS) is 21.8. The highest BCUT2D eigenvalue weighted by molar-refractivity contribution is 5.93. The van der Waals surface area contributed by atoms with E-state index in [1.54, 1.807) is 6.08 Å². The van der Waals surface area contributed by atoms with Crippen LogP contribution in [0.1, 0.15) is 12.5 Å². The minimum atomic E-state index is -0.958. The molecule has 0 N–H and O–H groups in total. The van der Waals surface area contributed by atoms with Crippen molar-refractivity contribution >= 4 is 11.8 Å². The topological polar surface area (TPSA) is 61.8 Å². The van der Waals surface area contributed by atoms with Crippen LogP contribution in [-0.2, 0) is 30.4 Å². The van der Waals surface area contributed by atoms with Crippen molar-refractivity contribution in [1.29, 1.82) is 0 Å². The molecule has 0 radical (unpaired) electrons. The molecule has 1 aromatic carbocycles. The molecule has 1 aliphatic rings. The Hall–Kier alpha value is -1.98. The van der Waals surface area contributed by atoms with Crippen molar-refractivity contribution < 1.29 is 23.8 Å². The summed E-state index contributed by atoms with van der Waals surface area (Å²) in [6.45, 7) is 1.68. The first-order chi connectivity index (χ1) is 9.65. The van der Waals surface area contributed by atoms with E-state index in [9.17, 15) is 9.59 Å². The first kappa shape index (κ1) is 14.4. The Bertz CT molecular complexity index is 494. The number of rotatable bonds is 5. The van der Waals surface area contributed by atoms with Crippen molar-refractivity contribution in [3.63, 3.8) is 0 Å². The number of hydrogen-bond acceptors (Lipinski definition) is 5. The largest absolute Gasteiger partial charge is 0.463 e. The number of ether oxygens (including phenoxy) is 3. The van der Waals surface area contributed by atoms with Crippen molar-refractivity contribution in [1.82, 2.24) is 0 Å². The van der Waals surface area contributed by atoms with Gasteiger partial charge in [-0.05, 0) is 17.7 Å². The standard InChI is InChI=1S/C15H16O5/c1-11(16)18-10-13-7-8-14(17)15(20-13)19-9-12-5-3-2-4-6-12/h2-8,13,15H,9-10H2,1H3/t13-,15-/m0/s1. The molecule has 5 nitrogen and oxygen atoms in total. The maximum Gasteiger partial charge on any atom is 0.302 e. The molecule has 0 spiro atoms. The van der Waals surface area contributed by atoms with E-state index in [4.69, 9.17) is 14.2 Å². The van der Waals surface area contributed by atoms with Crippen LogP contribution in [0.15, 0.2) is 42.5 Å². The fourth-order valence-corrected chi connectivity index (χ4v) is 1.71. The molecule has 1 heterocycles. The molecule has 2 rings (SSSR count). The molecule has 0 aliphatic carbocycles. The van der Waals surface area contributed by atoms with Crippen LogP contribution < -0.4 is 0 Å². The second-order valence-electron chi connectivity index (χ2n) is 4.37. The van der Waals surface area contributed by atoms with Gasteiger partial charge in [-0.15, -0.1) is 0 Å². The fraction of sp³-hybridized carbons (Fsp3) is 0.333. The molecule has 0 saturated carbocycles. The quantitative estimate of drug-likeness (QED) is 0.765. The van der Waals surface area contributed by atoms with E-state index in [1.807, 2.05) is 30.3 Å². The lowest BCUT2D eigenvalue weighted by Gasteiger charge is -2.24. The van der Waals surface area contributed by atoms with Crippen LogP contribution in [0.2, 0.25) is 0 Å². The van der Waals surface area contributed by atoms with Crippen molar-refractivity contribution in [3.8, 4) is 0 Å². The zero-order valence-corrected chi connectivity index (χ0v) is 11.2. The summed E-state index contributed by atoms with van der Waals surface area (Å²) in [5.41, 5.74) is 0.954. The van der Waals surface area contributed by atoms with E-state index >= 15 is 0 Å². The van der Waals surface area contributed by atoms with Crippen LogP contribution in [0, 0.1) is 0 Å². The van der Waals surface area contributed by atoms with E-state index in [-0.39, 0.29) is 25.0 Å². The van der Waals surface area contributed by atoms with E-state index < -0.39 is 12.4 Å². The van der Waals surface area contributed by atoms with Gasteiger partial charge in [-0.3, -0.25) is 9.59 Å². The lowest BCUT2D eigenvalue weighted by Crippen LogP contribution is -2.36. The van der Waals surface area contributed by atoms with Gasteiger partial charge in [-0.25, -0.2) is 0 Å². The van der Waals surface area contributed by atoms with Gasteiger partial charge < -0.3 is 14.2 Å². The molecule has 0 aromatic heterocycles. The summed E-state index contributed by atoms with van der Waals surface area (Å²) >= 11 is 0. The van der Waals surface area contributed by atoms with Gasteiger partial charge in [0.1, 0.15) is 12.7 Å². The summed E-state index contributed by atoms with van der Waals surface area (Å²) in [5, 5.41) is 0. The molecule has 0 unspecified atom stereocenters. The third-order valence-electron chi connectivity index (χ3n) is 2.70. The van der Waals surface area contributed by atoms with Crippen molar-refractivity contribution in [3.05, 3.63) is 48.0 Å². The molecule has 106 valence electrons. The number of carbonyl (C=O) groups is 2. The van der Waals surface area contributed by atoms with Crippen molar-refractivity contribution in [2.24, 2.45) is 0 Å².